The van der Waals surface area contributed by atoms with Crippen LogP contribution in [0.15, 0.2) is 0 Å². The molecule has 0 bridgehead atoms. The molecule has 0 radical (unpaired) electrons. The smallest absolute Gasteiger partial charge is 0.315 e. The van der Waals surface area contributed by atoms with E-state index in [2.05, 4.69) is 0 Å². The van der Waals surface area contributed by atoms with E-state index in [1.807, 2.05) is 13.8 Å². The minimum absolute atomic E-state index is 0.126. The number of rotatable bonds is 4. The van der Waals surface area contributed by atoms with Gasteiger partial charge in [-0.25, -0.2) is 0 Å². The zero-order valence-electron chi connectivity index (χ0n) is 8.75. The predicted octanol–water partition coefficient (Wildman–Crippen LogP) is 1.03. The first-order valence-electron chi connectivity index (χ1n) is 5.06. The van der Waals surface area contributed by atoms with Crippen molar-refractivity contribution < 1.29 is 19.7 Å². The van der Waals surface area contributed by atoms with Gasteiger partial charge >= 0.3 is 5.97 Å². The number of hydrogen-bond donors (Lipinski definition) is 2. The molecule has 1 atom stereocenters. The van der Waals surface area contributed by atoms with Crippen LogP contribution in [-0.2, 0) is 9.53 Å². The van der Waals surface area contributed by atoms with Crippen LogP contribution >= 0.6 is 0 Å². The molecule has 82 valence electrons. The van der Waals surface area contributed by atoms with Crippen molar-refractivity contribution in [3.63, 3.8) is 0 Å². The van der Waals surface area contributed by atoms with Crippen LogP contribution in [0.2, 0.25) is 0 Å². The van der Waals surface area contributed by atoms with Crippen LogP contribution < -0.4 is 0 Å². The molecule has 1 saturated heterocycles. The molecule has 1 aliphatic heterocycles. The summed E-state index contributed by atoms with van der Waals surface area (Å²) in [6.07, 6.45) is 1.29. The second-order valence-electron chi connectivity index (χ2n) is 3.93. The van der Waals surface area contributed by atoms with Gasteiger partial charge in [-0.3, -0.25) is 4.79 Å². The number of hydrogen-bond acceptors (Lipinski definition) is 3. The lowest BCUT2D eigenvalue weighted by Crippen LogP contribution is -2.53. The van der Waals surface area contributed by atoms with E-state index in [0.29, 0.717) is 25.9 Å². The Balaban J connectivity index is 3.03. The van der Waals surface area contributed by atoms with Crippen LogP contribution in [0.25, 0.3) is 0 Å². The molecule has 0 spiro atoms. The van der Waals surface area contributed by atoms with Crippen LogP contribution in [0.5, 0.6) is 0 Å². The number of aliphatic carboxylic acids is 1. The van der Waals surface area contributed by atoms with Gasteiger partial charge in [0.15, 0.2) is 0 Å². The van der Waals surface area contributed by atoms with E-state index in [9.17, 15) is 15.0 Å². The topological polar surface area (TPSA) is 66.8 Å². The van der Waals surface area contributed by atoms with Gasteiger partial charge in [-0.05, 0) is 19.3 Å². The molecule has 4 nitrogen and oxygen atoms in total. The summed E-state index contributed by atoms with van der Waals surface area (Å²) in [6, 6.07) is 0. The lowest BCUT2D eigenvalue weighted by Gasteiger charge is -2.39. The zero-order chi connectivity index (χ0) is 10.8. The highest BCUT2D eigenvalue weighted by atomic mass is 16.5. The third-order valence-corrected chi connectivity index (χ3v) is 3.49. The molecule has 0 aromatic rings. The molecule has 1 heterocycles. The normalized spacial score (nSPS) is 27.9. The maximum absolute atomic E-state index is 11.2. The van der Waals surface area contributed by atoms with Gasteiger partial charge in [0, 0.05) is 6.61 Å². The number of aliphatic hydroxyl groups is 1. The van der Waals surface area contributed by atoms with Crippen LogP contribution in [-0.4, -0.2) is 35.0 Å². The van der Waals surface area contributed by atoms with Crippen molar-refractivity contribution in [3.05, 3.63) is 0 Å². The summed E-state index contributed by atoms with van der Waals surface area (Å²) in [6.45, 7) is 4.17. The van der Waals surface area contributed by atoms with E-state index in [-0.39, 0.29) is 6.61 Å². The predicted molar refractivity (Wildman–Crippen MR) is 51.0 cm³/mol. The van der Waals surface area contributed by atoms with E-state index >= 15 is 0 Å². The van der Waals surface area contributed by atoms with E-state index in [1.54, 1.807) is 0 Å². The fourth-order valence-electron chi connectivity index (χ4n) is 2.23. The Morgan fingerprint density at radius 1 is 1.50 bits per heavy atom. The van der Waals surface area contributed by atoms with Gasteiger partial charge in [-0.1, -0.05) is 13.8 Å². The monoisotopic (exact) mass is 202 g/mol. The minimum Gasteiger partial charge on any atom is -0.481 e. The largest absolute Gasteiger partial charge is 0.481 e. The number of ether oxygens (including phenoxy) is 1. The molecule has 1 unspecified atom stereocenters. The van der Waals surface area contributed by atoms with E-state index < -0.39 is 17.0 Å². The van der Waals surface area contributed by atoms with Crippen molar-refractivity contribution in [1.82, 2.24) is 0 Å². The van der Waals surface area contributed by atoms with Gasteiger partial charge in [0.25, 0.3) is 0 Å². The molecule has 2 N–H and O–H groups in total. The SMILES string of the molecule is CCC(O)(CC)C1(C(=O)O)CCOC1. The van der Waals surface area contributed by atoms with Gasteiger partial charge in [0.05, 0.1) is 12.2 Å². The van der Waals surface area contributed by atoms with Crippen molar-refractivity contribution in [2.45, 2.75) is 38.7 Å². The maximum atomic E-state index is 11.2. The van der Waals surface area contributed by atoms with Crippen LogP contribution in [0.1, 0.15) is 33.1 Å². The minimum atomic E-state index is -1.14. The summed E-state index contributed by atoms with van der Waals surface area (Å²) in [5.74, 6) is -0.943. The Hall–Kier alpha value is -0.610. The van der Waals surface area contributed by atoms with Crippen LogP contribution in [0.4, 0.5) is 0 Å². The lowest BCUT2D eigenvalue weighted by atomic mass is 9.68. The molecule has 0 aromatic heterocycles. The molecule has 0 amide bonds. The average molecular weight is 202 g/mol. The summed E-state index contributed by atoms with van der Waals surface area (Å²) in [7, 11) is 0. The van der Waals surface area contributed by atoms with Gasteiger partial charge in [0.1, 0.15) is 5.41 Å². The Labute approximate surface area is 83.9 Å². The van der Waals surface area contributed by atoms with E-state index in [0.717, 1.165) is 0 Å². The second-order valence-corrected chi connectivity index (χ2v) is 3.93. The lowest BCUT2D eigenvalue weighted by molar-refractivity contribution is -0.171. The fourth-order valence-corrected chi connectivity index (χ4v) is 2.23. The molecule has 0 saturated carbocycles. The second kappa shape index (κ2) is 3.87. The Kier molecular flexibility index (Phi) is 3.17. The third kappa shape index (κ3) is 1.42. The number of carboxylic acid groups (broad SMARTS) is 1. The average Bonchev–Trinajstić information content (AvgIpc) is 2.66. The van der Waals surface area contributed by atoms with Crippen LogP contribution in [0.3, 0.4) is 0 Å². The van der Waals surface area contributed by atoms with Crippen molar-refractivity contribution >= 4 is 5.97 Å². The zero-order valence-corrected chi connectivity index (χ0v) is 8.75. The highest BCUT2D eigenvalue weighted by Crippen LogP contribution is 2.43. The fraction of sp³-hybridized carbons (Fsp3) is 0.900. The van der Waals surface area contributed by atoms with Crippen molar-refractivity contribution in [1.29, 1.82) is 0 Å². The molecular weight excluding hydrogens is 184 g/mol. The first-order chi connectivity index (χ1) is 6.52. The number of carbonyl (C=O) groups is 1. The third-order valence-electron chi connectivity index (χ3n) is 3.49. The molecule has 1 rings (SSSR count). The van der Waals surface area contributed by atoms with Crippen molar-refractivity contribution in [3.8, 4) is 0 Å². The highest BCUT2D eigenvalue weighted by Gasteiger charge is 2.56. The molecule has 0 aliphatic carbocycles. The van der Waals surface area contributed by atoms with Gasteiger partial charge in [-0.2, -0.15) is 0 Å². The Morgan fingerprint density at radius 2 is 2.07 bits per heavy atom. The Morgan fingerprint density at radius 3 is 2.36 bits per heavy atom. The maximum Gasteiger partial charge on any atom is 0.315 e. The molecule has 4 heteroatoms. The van der Waals surface area contributed by atoms with Gasteiger partial charge in [0.2, 0.25) is 0 Å². The first kappa shape index (κ1) is 11.5. The molecular formula is C10H18O4. The van der Waals surface area contributed by atoms with Crippen molar-refractivity contribution in [2.24, 2.45) is 5.41 Å². The first-order valence-corrected chi connectivity index (χ1v) is 5.06. The summed E-state index contributed by atoms with van der Waals surface area (Å²) in [4.78, 5) is 11.2. The summed E-state index contributed by atoms with van der Waals surface area (Å²) >= 11 is 0. The quantitative estimate of drug-likeness (QED) is 0.714. The number of carboxylic acids is 1. The van der Waals surface area contributed by atoms with Gasteiger partial charge < -0.3 is 14.9 Å². The standard InChI is InChI=1S/C10H18O4/c1-3-10(13,4-2)9(8(11)12)5-6-14-7-9/h13H,3-7H2,1-2H3,(H,11,12). The van der Waals surface area contributed by atoms with Crippen LogP contribution in [0, 0.1) is 5.41 Å². The summed E-state index contributed by atoms with van der Waals surface area (Å²) in [5, 5.41) is 19.5. The molecule has 14 heavy (non-hydrogen) atoms. The summed E-state index contributed by atoms with van der Waals surface area (Å²) in [5.41, 5.74) is -2.24. The van der Waals surface area contributed by atoms with Gasteiger partial charge in [-0.15, -0.1) is 0 Å². The van der Waals surface area contributed by atoms with E-state index in [4.69, 9.17) is 4.74 Å². The Bertz CT molecular complexity index is 214. The van der Waals surface area contributed by atoms with Crippen molar-refractivity contribution in [2.75, 3.05) is 13.2 Å². The highest BCUT2D eigenvalue weighted by molar-refractivity contribution is 5.77. The summed E-state index contributed by atoms with van der Waals surface area (Å²) < 4.78 is 5.13. The molecule has 1 fully saturated rings. The molecule has 0 aromatic carbocycles. The van der Waals surface area contributed by atoms with E-state index in [1.165, 1.54) is 0 Å². The molecule has 1 aliphatic rings.